The maximum absolute atomic E-state index is 14.1. The van der Waals surface area contributed by atoms with Crippen molar-refractivity contribution >= 4 is 5.97 Å². The quantitative estimate of drug-likeness (QED) is 0.143. The van der Waals surface area contributed by atoms with E-state index in [4.69, 9.17) is 14.7 Å². The highest BCUT2D eigenvalue weighted by Crippen LogP contribution is 2.60. The van der Waals surface area contributed by atoms with Gasteiger partial charge in [-0.3, -0.25) is 14.8 Å². The number of nitrogens with zero attached hydrogens (tertiary/aromatic N) is 2. The summed E-state index contributed by atoms with van der Waals surface area (Å²) in [6.07, 6.45) is 5.30. The van der Waals surface area contributed by atoms with Crippen LogP contribution >= 0.6 is 0 Å². The smallest absolute Gasteiger partial charge is 0.312 e. The van der Waals surface area contributed by atoms with Crippen molar-refractivity contribution in [2.24, 2.45) is 0 Å². The summed E-state index contributed by atoms with van der Waals surface area (Å²) in [5.74, 6) is 0.278. The van der Waals surface area contributed by atoms with Gasteiger partial charge in [-0.1, -0.05) is 109 Å². The van der Waals surface area contributed by atoms with E-state index in [0.29, 0.717) is 12.2 Å². The number of ether oxygens (including phenoxy) is 1. The third kappa shape index (κ3) is 4.10. The Kier molecular flexibility index (Phi) is 6.23. The molecule has 0 amide bonds. The molecular weight excluding hydrogens is 540 g/mol. The second-order valence-electron chi connectivity index (χ2n) is 11.9. The van der Waals surface area contributed by atoms with Crippen LogP contribution in [0.4, 0.5) is 0 Å². The second-order valence-corrected chi connectivity index (χ2v) is 11.9. The number of benzene rings is 4. The Balaban J connectivity index is 1.38. The number of carbonyl (C=O) groups excluding carboxylic acids is 1. The molecule has 0 bridgehead atoms. The fourth-order valence-electron chi connectivity index (χ4n) is 7.76. The molecular formula is C40H30N2O2. The molecule has 4 nitrogen and oxygen atoms in total. The lowest BCUT2D eigenvalue weighted by Crippen LogP contribution is -2.41. The first-order valence-electron chi connectivity index (χ1n) is 15.1. The van der Waals surface area contributed by atoms with E-state index in [-0.39, 0.29) is 12.4 Å². The lowest BCUT2D eigenvalue weighted by Gasteiger charge is -2.42. The minimum atomic E-state index is -0.703. The van der Waals surface area contributed by atoms with Crippen LogP contribution in [0.15, 0.2) is 146 Å². The van der Waals surface area contributed by atoms with Gasteiger partial charge in [0.25, 0.3) is 0 Å². The number of carbonyl (C=O) groups is 1. The van der Waals surface area contributed by atoms with Gasteiger partial charge in [0, 0.05) is 34.4 Å². The molecule has 2 aliphatic carbocycles. The zero-order valence-electron chi connectivity index (χ0n) is 24.2. The molecule has 4 aromatic carbocycles. The third-order valence-corrected chi connectivity index (χ3v) is 9.42. The van der Waals surface area contributed by atoms with Crippen LogP contribution in [-0.4, -0.2) is 15.9 Å². The Morgan fingerprint density at radius 2 is 1.05 bits per heavy atom. The first-order chi connectivity index (χ1) is 21.7. The van der Waals surface area contributed by atoms with Crippen LogP contribution in [0.3, 0.4) is 0 Å². The molecule has 2 aromatic heterocycles. The van der Waals surface area contributed by atoms with Crippen molar-refractivity contribution in [3.05, 3.63) is 174 Å². The molecule has 0 spiro atoms. The highest BCUT2D eigenvalue weighted by atomic mass is 16.5. The molecule has 0 fully saturated rings. The van der Waals surface area contributed by atoms with Gasteiger partial charge in [-0.05, 0) is 64.9 Å². The summed E-state index contributed by atoms with van der Waals surface area (Å²) in [5, 5.41) is 0. The van der Waals surface area contributed by atoms with E-state index in [9.17, 15) is 4.79 Å². The van der Waals surface area contributed by atoms with Crippen molar-refractivity contribution < 1.29 is 9.53 Å². The lowest BCUT2D eigenvalue weighted by molar-refractivity contribution is -0.135. The van der Waals surface area contributed by atoms with E-state index >= 15 is 0 Å². The van der Waals surface area contributed by atoms with Gasteiger partial charge in [-0.25, -0.2) is 0 Å². The zero-order valence-corrected chi connectivity index (χ0v) is 24.2. The maximum atomic E-state index is 14.1. The predicted octanol–water partition coefficient (Wildman–Crippen LogP) is 8.34. The number of para-hydroxylation sites is 1. The van der Waals surface area contributed by atoms with Gasteiger partial charge in [0.05, 0.1) is 17.8 Å². The van der Waals surface area contributed by atoms with E-state index in [2.05, 4.69) is 91.0 Å². The van der Waals surface area contributed by atoms with Crippen molar-refractivity contribution in [3.63, 3.8) is 0 Å². The van der Waals surface area contributed by atoms with Crippen LogP contribution < -0.4 is 4.74 Å². The molecule has 0 saturated carbocycles. The van der Waals surface area contributed by atoms with Gasteiger partial charge in [-0.2, -0.15) is 0 Å². The standard InChI is InChI=1S/C40H30N2O2/c43-36(44-29-15-5-2-6-16-29)26-40(33-20-10-8-18-31(33)38-35(40)22-12-24-42-38)27-39(25-28-13-3-1-4-14-28)32-19-9-7-17-30(32)37-34(39)21-11-23-41-37/h1-24H,25-27H2. The van der Waals surface area contributed by atoms with Gasteiger partial charge in [0.2, 0.25) is 0 Å². The van der Waals surface area contributed by atoms with Gasteiger partial charge < -0.3 is 4.74 Å². The predicted molar refractivity (Wildman–Crippen MR) is 172 cm³/mol. The van der Waals surface area contributed by atoms with Gasteiger partial charge in [0.15, 0.2) is 0 Å². The van der Waals surface area contributed by atoms with E-state index in [1.54, 1.807) is 0 Å². The number of esters is 1. The largest absolute Gasteiger partial charge is 0.426 e. The highest BCUT2D eigenvalue weighted by Gasteiger charge is 2.54. The zero-order chi connectivity index (χ0) is 29.6. The molecule has 4 heteroatoms. The number of pyridine rings is 2. The molecule has 44 heavy (non-hydrogen) atoms. The Labute approximate surface area is 257 Å². The Morgan fingerprint density at radius 1 is 0.545 bits per heavy atom. The summed E-state index contributed by atoms with van der Waals surface area (Å²) in [4.78, 5) is 23.9. The molecule has 0 radical (unpaired) electrons. The monoisotopic (exact) mass is 570 g/mol. The summed E-state index contributed by atoms with van der Waals surface area (Å²) in [6.45, 7) is 0. The Morgan fingerprint density at radius 3 is 1.68 bits per heavy atom. The molecule has 6 aromatic rings. The van der Waals surface area contributed by atoms with Gasteiger partial charge in [0.1, 0.15) is 5.75 Å². The average Bonchev–Trinajstić information content (AvgIpc) is 3.49. The summed E-state index contributed by atoms with van der Waals surface area (Å²) >= 11 is 0. The van der Waals surface area contributed by atoms with Crippen molar-refractivity contribution in [1.29, 1.82) is 0 Å². The SMILES string of the molecule is O=C(CC1(CC2(Cc3ccccc3)c3ccccc3-c3ncccc32)c2ccccc2-c2ncccc21)Oc1ccccc1. The van der Waals surface area contributed by atoms with E-state index in [1.807, 2.05) is 54.9 Å². The fraction of sp³-hybridized carbons (Fsp3) is 0.125. The lowest BCUT2D eigenvalue weighted by atomic mass is 9.60. The molecule has 2 unspecified atom stereocenters. The Bertz CT molecular complexity index is 1910. The molecule has 8 rings (SSSR count). The topological polar surface area (TPSA) is 52.1 Å². The molecule has 212 valence electrons. The maximum Gasteiger partial charge on any atom is 0.312 e. The first kappa shape index (κ1) is 26.3. The number of aromatic nitrogens is 2. The molecule has 0 N–H and O–H groups in total. The second kappa shape index (κ2) is 10.4. The van der Waals surface area contributed by atoms with Crippen molar-refractivity contribution in [2.75, 3.05) is 0 Å². The summed E-state index contributed by atoms with van der Waals surface area (Å²) in [5.41, 5.74) is 8.83. The molecule has 0 aliphatic heterocycles. The van der Waals surface area contributed by atoms with Crippen molar-refractivity contribution in [2.45, 2.75) is 30.1 Å². The third-order valence-electron chi connectivity index (χ3n) is 9.42. The minimum absolute atomic E-state index is 0.173. The summed E-state index contributed by atoms with van der Waals surface area (Å²) in [6, 6.07) is 45.5. The van der Waals surface area contributed by atoms with Crippen LogP contribution in [-0.2, 0) is 22.0 Å². The highest BCUT2D eigenvalue weighted by molar-refractivity contribution is 5.85. The first-order valence-corrected chi connectivity index (χ1v) is 15.1. The van der Waals surface area contributed by atoms with Crippen LogP contribution in [0.25, 0.3) is 22.5 Å². The number of rotatable bonds is 7. The van der Waals surface area contributed by atoms with Crippen LogP contribution in [0.1, 0.15) is 40.7 Å². The molecule has 2 heterocycles. The number of hydrogen-bond donors (Lipinski definition) is 0. The van der Waals surface area contributed by atoms with Crippen LogP contribution in [0.5, 0.6) is 5.75 Å². The van der Waals surface area contributed by atoms with Crippen LogP contribution in [0, 0.1) is 0 Å². The minimum Gasteiger partial charge on any atom is -0.426 e. The average molecular weight is 571 g/mol. The van der Waals surface area contributed by atoms with Gasteiger partial charge in [-0.15, -0.1) is 0 Å². The van der Waals surface area contributed by atoms with E-state index < -0.39 is 10.8 Å². The summed E-state index contributed by atoms with van der Waals surface area (Å²) < 4.78 is 6.01. The van der Waals surface area contributed by atoms with Crippen molar-refractivity contribution in [3.8, 4) is 28.3 Å². The molecule has 2 atom stereocenters. The van der Waals surface area contributed by atoms with Crippen LogP contribution in [0.2, 0.25) is 0 Å². The Hall–Kier alpha value is -5.35. The van der Waals surface area contributed by atoms with Gasteiger partial charge >= 0.3 is 5.97 Å². The van der Waals surface area contributed by atoms with Crippen molar-refractivity contribution in [1.82, 2.24) is 9.97 Å². The summed E-state index contributed by atoms with van der Waals surface area (Å²) in [7, 11) is 0. The fourth-order valence-corrected chi connectivity index (χ4v) is 7.76. The number of hydrogen-bond acceptors (Lipinski definition) is 4. The number of fused-ring (bicyclic) bond motifs is 6. The molecule has 2 aliphatic rings. The van der Waals surface area contributed by atoms with E-state index in [0.717, 1.165) is 40.1 Å². The normalized spacial score (nSPS) is 19.0. The van der Waals surface area contributed by atoms with E-state index in [1.165, 1.54) is 16.7 Å². The molecule has 0 saturated heterocycles.